The molecule has 18 heavy (non-hydrogen) atoms. The Bertz CT molecular complexity index is 245. The Morgan fingerprint density at radius 1 is 1.17 bits per heavy atom. The molecule has 4 nitrogen and oxygen atoms in total. The average Bonchev–Trinajstić information content (AvgIpc) is 2.23. The van der Waals surface area contributed by atoms with E-state index in [0.717, 1.165) is 0 Å². The van der Waals surface area contributed by atoms with E-state index >= 15 is 0 Å². The number of hydrogen-bond acceptors (Lipinski definition) is 4. The molecule has 0 saturated heterocycles. The van der Waals surface area contributed by atoms with Crippen molar-refractivity contribution in [2.45, 2.75) is 54.5 Å². The standard InChI is InChI=1S/C13H28NO3P/c1-8-16-18(17-9-2)14(11(3)4)10-12(15)13(5,6)7/h11H,8-10H2,1-7H3. The topological polar surface area (TPSA) is 38.8 Å². The van der Waals surface area contributed by atoms with Gasteiger partial charge in [-0.25, -0.2) is 4.67 Å². The molecule has 0 bridgehead atoms. The minimum Gasteiger partial charge on any atom is -0.322 e. The van der Waals surface area contributed by atoms with Crippen molar-refractivity contribution in [3.05, 3.63) is 0 Å². The largest absolute Gasteiger partial charge is 0.322 e. The van der Waals surface area contributed by atoms with Crippen LogP contribution in [0.1, 0.15) is 48.5 Å². The van der Waals surface area contributed by atoms with Gasteiger partial charge in [0.25, 0.3) is 8.53 Å². The highest BCUT2D eigenvalue weighted by Crippen LogP contribution is 2.44. The fraction of sp³-hybridized carbons (Fsp3) is 0.923. The normalized spacial score (nSPS) is 12.8. The molecule has 5 heteroatoms. The summed E-state index contributed by atoms with van der Waals surface area (Å²) in [7, 11) is -1.13. The lowest BCUT2D eigenvalue weighted by Crippen LogP contribution is -2.37. The van der Waals surface area contributed by atoms with Gasteiger partial charge in [-0.15, -0.1) is 0 Å². The van der Waals surface area contributed by atoms with Crippen molar-refractivity contribution in [1.29, 1.82) is 0 Å². The molecule has 0 radical (unpaired) electrons. The van der Waals surface area contributed by atoms with E-state index in [0.29, 0.717) is 19.8 Å². The van der Waals surface area contributed by atoms with Crippen molar-refractivity contribution < 1.29 is 13.8 Å². The predicted octanol–water partition coefficient (Wildman–Crippen LogP) is 3.61. The van der Waals surface area contributed by atoms with Gasteiger partial charge >= 0.3 is 0 Å². The van der Waals surface area contributed by atoms with E-state index in [1.807, 2.05) is 39.3 Å². The second-order valence-electron chi connectivity index (χ2n) is 5.44. The number of Topliss-reactive ketones (excluding diaryl/α,β-unsaturated/α-hetero) is 1. The first-order valence-electron chi connectivity index (χ1n) is 6.59. The molecule has 0 aromatic rings. The molecule has 0 heterocycles. The summed E-state index contributed by atoms with van der Waals surface area (Å²) in [5.74, 6) is 0.211. The van der Waals surface area contributed by atoms with E-state index in [1.165, 1.54) is 0 Å². The Balaban J connectivity index is 4.77. The SMILES string of the molecule is CCOP(OCC)N(CC(=O)C(C)(C)C)C(C)C. The average molecular weight is 277 g/mol. The number of nitrogens with zero attached hydrogens (tertiary/aromatic N) is 1. The summed E-state index contributed by atoms with van der Waals surface area (Å²) in [5.41, 5.74) is -0.327. The maximum atomic E-state index is 12.1. The molecule has 0 amide bonds. The molecule has 0 spiro atoms. The zero-order valence-electron chi connectivity index (χ0n) is 12.8. The second kappa shape index (κ2) is 8.21. The van der Waals surface area contributed by atoms with E-state index in [4.69, 9.17) is 9.05 Å². The van der Waals surface area contributed by atoms with E-state index in [9.17, 15) is 4.79 Å². The highest BCUT2D eigenvalue weighted by atomic mass is 31.2. The third-order valence-corrected chi connectivity index (χ3v) is 4.41. The Morgan fingerprint density at radius 2 is 1.61 bits per heavy atom. The van der Waals surface area contributed by atoms with Crippen LogP contribution in [-0.4, -0.2) is 36.3 Å². The van der Waals surface area contributed by atoms with Gasteiger partial charge in [0.2, 0.25) is 0 Å². The molecule has 0 N–H and O–H groups in total. The lowest BCUT2D eigenvalue weighted by molar-refractivity contribution is -0.126. The number of carbonyl (C=O) groups is 1. The third kappa shape index (κ3) is 6.24. The minimum absolute atomic E-state index is 0.211. The molecule has 0 aromatic heterocycles. The number of hydrogen-bond donors (Lipinski definition) is 0. The molecule has 0 unspecified atom stereocenters. The Morgan fingerprint density at radius 3 is 1.89 bits per heavy atom. The summed E-state index contributed by atoms with van der Waals surface area (Å²) in [6.45, 7) is 15.4. The van der Waals surface area contributed by atoms with Crippen LogP contribution in [0.3, 0.4) is 0 Å². The summed E-state index contributed by atoms with van der Waals surface area (Å²) < 4.78 is 13.3. The summed E-state index contributed by atoms with van der Waals surface area (Å²) in [5, 5.41) is 0. The lowest BCUT2D eigenvalue weighted by Gasteiger charge is -2.33. The van der Waals surface area contributed by atoms with Gasteiger partial charge in [0.1, 0.15) is 0 Å². The summed E-state index contributed by atoms with van der Waals surface area (Å²) in [4.78, 5) is 12.1. The first-order valence-corrected chi connectivity index (χ1v) is 7.72. The Kier molecular flexibility index (Phi) is 8.20. The van der Waals surface area contributed by atoms with Crippen LogP contribution in [0.25, 0.3) is 0 Å². The van der Waals surface area contributed by atoms with Gasteiger partial charge in [0.05, 0.1) is 19.8 Å². The molecule has 0 saturated carbocycles. The van der Waals surface area contributed by atoms with Crippen molar-refractivity contribution >= 4 is 14.3 Å². The second-order valence-corrected chi connectivity index (χ2v) is 6.94. The van der Waals surface area contributed by atoms with Crippen LogP contribution in [0.4, 0.5) is 0 Å². The molecule has 0 aliphatic carbocycles. The highest BCUT2D eigenvalue weighted by molar-refractivity contribution is 7.44. The van der Waals surface area contributed by atoms with E-state index in [2.05, 4.69) is 13.8 Å². The van der Waals surface area contributed by atoms with Crippen molar-refractivity contribution in [1.82, 2.24) is 4.67 Å². The van der Waals surface area contributed by atoms with Crippen LogP contribution in [0, 0.1) is 5.41 Å². The quantitative estimate of drug-likeness (QED) is 0.635. The van der Waals surface area contributed by atoms with Gasteiger partial charge in [0.15, 0.2) is 5.78 Å². The lowest BCUT2D eigenvalue weighted by atomic mass is 9.91. The van der Waals surface area contributed by atoms with Gasteiger partial charge in [-0.05, 0) is 27.7 Å². The zero-order chi connectivity index (χ0) is 14.3. The Labute approximate surface area is 113 Å². The molecule has 0 atom stereocenters. The van der Waals surface area contributed by atoms with Crippen molar-refractivity contribution in [2.24, 2.45) is 5.41 Å². The molecule has 0 aromatic carbocycles. The number of ketones is 1. The van der Waals surface area contributed by atoms with Gasteiger partial charge in [0, 0.05) is 11.5 Å². The summed E-state index contributed by atoms with van der Waals surface area (Å²) in [6, 6.07) is 0.223. The first kappa shape index (κ1) is 18.0. The first-order chi connectivity index (χ1) is 8.23. The predicted molar refractivity (Wildman–Crippen MR) is 76.5 cm³/mol. The zero-order valence-corrected chi connectivity index (χ0v) is 13.7. The van der Waals surface area contributed by atoms with Gasteiger partial charge < -0.3 is 9.05 Å². The highest BCUT2D eigenvalue weighted by Gasteiger charge is 2.30. The smallest absolute Gasteiger partial charge is 0.259 e. The van der Waals surface area contributed by atoms with E-state index in [1.54, 1.807) is 0 Å². The van der Waals surface area contributed by atoms with Crippen molar-refractivity contribution in [2.75, 3.05) is 19.8 Å². The van der Waals surface area contributed by atoms with Crippen LogP contribution in [-0.2, 0) is 13.8 Å². The summed E-state index contributed by atoms with van der Waals surface area (Å²) >= 11 is 0. The van der Waals surface area contributed by atoms with Crippen molar-refractivity contribution in [3.63, 3.8) is 0 Å². The monoisotopic (exact) mass is 277 g/mol. The van der Waals surface area contributed by atoms with Gasteiger partial charge in [-0.3, -0.25) is 4.79 Å². The molecule has 0 aliphatic rings. The van der Waals surface area contributed by atoms with Crippen LogP contribution < -0.4 is 0 Å². The molecule has 108 valence electrons. The molecular formula is C13H28NO3P. The van der Waals surface area contributed by atoms with Crippen LogP contribution in [0.5, 0.6) is 0 Å². The molecule has 0 fully saturated rings. The van der Waals surface area contributed by atoms with Crippen molar-refractivity contribution in [3.8, 4) is 0 Å². The third-order valence-electron chi connectivity index (χ3n) is 2.43. The summed E-state index contributed by atoms with van der Waals surface area (Å²) in [6.07, 6.45) is 0. The van der Waals surface area contributed by atoms with Crippen LogP contribution >= 0.6 is 8.53 Å². The number of carbonyl (C=O) groups excluding carboxylic acids is 1. The van der Waals surface area contributed by atoms with E-state index < -0.39 is 8.53 Å². The van der Waals surface area contributed by atoms with Gasteiger partial charge in [-0.2, -0.15) is 0 Å². The molecular weight excluding hydrogens is 249 g/mol. The van der Waals surface area contributed by atoms with E-state index in [-0.39, 0.29) is 17.2 Å². The van der Waals surface area contributed by atoms with Crippen LogP contribution in [0.15, 0.2) is 0 Å². The fourth-order valence-corrected chi connectivity index (χ4v) is 2.65. The maximum absolute atomic E-state index is 12.1. The maximum Gasteiger partial charge on any atom is 0.259 e. The minimum atomic E-state index is -1.13. The number of rotatable bonds is 8. The Hall–Kier alpha value is -0.0200. The molecule has 0 aliphatic heterocycles. The molecule has 0 rings (SSSR count). The fourth-order valence-electron chi connectivity index (χ4n) is 1.22. The van der Waals surface area contributed by atoms with Gasteiger partial charge in [-0.1, -0.05) is 20.8 Å². The van der Waals surface area contributed by atoms with Crippen LogP contribution in [0.2, 0.25) is 0 Å².